The van der Waals surface area contributed by atoms with E-state index in [0.717, 1.165) is 19.3 Å². The number of para-hydroxylation sites is 2. The molecule has 0 atom stereocenters. The van der Waals surface area contributed by atoms with Crippen molar-refractivity contribution in [3.05, 3.63) is 64.7 Å². The summed E-state index contributed by atoms with van der Waals surface area (Å²) in [5.41, 5.74) is 0.894. The van der Waals surface area contributed by atoms with Crippen molar-refractivity contribution in [1.82, 2.24) is 14.7 Å². The van der Waals surface area contributed by atoms with Crippen molar-refractivity contribution in [2.75, 3.05) is 11.3 Å². The summed E-state index contributed by atoms with van der Waals surface area (Å²) in [5.74, 6) is 1.03. The summed E-state index contributed by atoms with van der Waals surface area (Å²) in [6, 6.07) is 11.0. The first-order chi connectivity index (χ1) is 15.9. The van der Waals surface area contributed by atoms with Gasteiger partial charge < -0.3 is 13.7 Å². The molecule has 0 spiro atoms. The van der Waals surface area contributed by atoms with Crippen LogP contribution in [0.15, 0.2) is 61.1 Å². The summed E-state index contributed by atoms with van der Waals surface area (Å²) >= 11 is 0. The molecule has 1 saturated carbocycles. The van der Waals surface area contributed by atoms with E-state index in [2.05, 4.69) is 14.9 Å². The molecule has 0 amide bonds. The maximum absolute atomic E-state index is 13.0. The molecule has 10 nitrogen and oxygen atoms in total. The largest absolute Gasteiger partial charge is 0.492 e. The number of aromatic nitrogens is 3. The third-order valence-electron chi connectivity index (χ3n) is 5.62. The van der Waals surface area contributed by atoms with E-state index in [9.17, 15) is 13.2 Å². The van der Waals surface area contributed by atoms with Gasteiger partial charge in [0.2, 0.25) is 5.89 Å². The number of fused-ring (bicyclic) bond motifs is 1. The molecule has 0 unspecified atom stereocenters. The predicted molar refractivity (Wildman–Crippen MR) is 119 cm³/mol. The maximum atomic E-state index is 13.0. The molecule has 2 aromatic heterocycles. The fourth-order valence-corrected chi connectivity index (χ4v) is 4.78. The van der Waals surface area contributed by atoms with Crippen LogP contribution in [0.2, 0.25) is 0 Å². The van der Waals surface area contributed by atoms with Gasteiger partial charge in [-0.15, -0.1) is 0 Å². The van der Waals surface area contributed by atoms with Gasteiger partial charge in [-0.05, 0) is 44.0 Å². The van der Waals surface area contributed by atoms with Crippen LogP contribution in [0.25, 0.3) is 11.1 Å². The molecule has 4 aromatic rings. The number of oxazole rings is 1. The average Bonchev–Trinajstić information content (AvgIpc) is 3.32. The number of nitrogens with zero attached hydrogens (tertiary/aromatic N) is 3. The lowest BCUT2D eigenvalue weighted by molar-refractivity contribution is 0.291. The summed E-state index contributed by atoms with van der Waals surface area (Å²) < 4.78 is 45.9. The van der Waals surface area contributed by atoms with Crippen LogP contribution in [0, 0.1) is 0 Å². The van der Waals surface area contributed by atoms with E-state index in [0.29, 0.717) is 35.3 Å². The summed E-state index contributed by atoms with van der Waals surface area (Å²) in [7, 11) is -3.95. The molecular formula is C22H22N4O6S. The highest BCUT2D eigenvalue weighted by Gasteiger charge is 2.26. The van der Waals surface area contributed by atoms with Crippen molar-refractivity contribution in [3.8, 4) is 5.75 Å². The smallest absolute Gasteiger partial charge is 0.420 e. The minimum Gasteiger partial charge on any atom is -0.492 e. The second-order valence-electron chi connectivity index (χ2n) is 7.79. The molecule has 0 radical (unpaired) electrons. The van der Waals surface area contributed by atoms with Crippen LogP contribution in [0.4, 0.5) is 5.69 Å². The number of hydrogen-bond acceptors (Lipinski definition) is 8. The first kappa shape index (κ1) is 21.3. The van der Waals surface area contributed by atoms with Crippen molar-refractivity contribution in [1.29, 1.82) is 0 Å². The first-order valence-electron chi connectivity index (χ1n) is 10.6. The van der Waals surface area contributed by atoms with E-state index in [-0.39, 0.29) is 22.9 Å². The molecule has 0 aliphatic heterocycles. The fraction of sp³-hybridized carbons (Fsp3) is 0.318. The highest BCUT2D eigenvalue weighted by Crippen LogP contribution is 2.35. The number of benzene rings is 2. The molecule has 33 heavy (non-hydrogen) atoms. The highest BCUT2D eigenvalue weighted by atomic mass is 32.2. The van der Waals surface area contributed by atoms with Crippen LogP contribution in [0.1, 0.15) is 43.8 Å². The molecule has 1 aliphatic carbocycles. The molecule has 5 rings (SSSR count). The Balaban J connectivity index is 1.42. The Hall–Kier alpha value is -3.60. The van der Waals surface area contributed by atoms with Gasteiger partial charge in [0.1, 0.15) is 5.75 Å². The zero-order chi connectivity index (χ0) is 23.0. The monoisotopic (exact) mass is 470 g/mol. The lowest BCUT2D eigenvalue weighted by Gasteiger charge is -2.20. The first-order valence-corrected chi connectivity index (χ1v) is 12.1. The Bertz CT molecular complexity index is 1470. The molecule has 1 N–H and O–H groups in total. The molecular weight excluding hydrogens is 448 g/mol. The summed E-state index contributed by atoms with van der Waals surface area (Å²) in [4.78, 5) is 16.8. The third-order valence-corrected chi connectivity index (χ3v) is 6.98. The number of ether oxygens (including phenoxy) is 1. The zero-order valence-corrected chi connectivity index (χ0v) is 18.7. The number of nitrogens with one attached hydrogen (secondary N) is 1. The quantitative estimate of drug-likeness (QED) is 0.414. The van der Waals surface area contributed by atoms with E-state index in [1.165, 1.54) is 22.8 Å². The van der Waals surface area contributed by atoms with E-state index >= 15 is 0 Å². The maximum Gasteiger partial charge on any atom is 0.420 e. The van der Waals surface area contributed by atoms with Crippen LogP contribution in [0.5, 0.6) is 5.75 Å². The van der Waals surface area contributed by atoms with Crippen LogP contribution in [0.3, 0.4) is 0 Å². The van der Waals surface area contributed by atoms with Gasteiger partial charge >= 0.3 is 5.76 Å². The third kappa shape index (κ3) is 4.11. The van der Waals surface area contributed by atoms with Gasteiger partial charge in [0.15, 0.2) is 11.4 Å². The molecule has 0 saturated heterocycles. The minimum atomic E-state index is -3.95. The van der Waals surface area contributed by atoms with Crippen LogP contribution < -0.4 is 15.2 Å². The number of rotatable bonds is 8. The van der Waals surface area contributed by atoms with Crippen LogP contribution in [-0.4, -0.2) is 29.7 Å². The van der Waals surface area contributed by atoms with Gasteiger partial charge in [-0.1, -0.05) is 23.7 Å². The summed E-state index contributed by atoms with van der Waals surface area (Å²) in [6.45, 7) is 2.27. The van der Waals surface area contributed by atoms with E-state index in [4.69, 9.17) is 13.7 Å². The Labute approximate surface area is 189 Å². The topological polar surface area (TPSA) is 129 Å². The van der Waals surface area contributed by atoms with Gasteiger partial charge in [-0.2, -0.15) is 4.98 Å². The summed E-state index contributed by atoms with van der Waals surface area (Å²) in [5, 5.41) is 3.96. The van der Waals surface area contributed by atoms with E-state index in [1.807, 2.05) is 6.92 Å². The predicted octanol–water partition coefficient (Wildman–Crippen LogP) is 3.49. The number of anilines is 1. The van der Waals surface area contributed by atoms with Gasteiger partial charge in [0, 0.05) is 12.0 Å². The van der Waals surface area contributed by atoms with Crippen molar-refractivity contribution < 1.29 is 22.1 Å². The Morgan fingerprint density at radius 2 is 2.03 bits per heavy atom. The number of sulfonamides is 1. The average molecular weight is 471 g/mol. The molecule has 1 aliphatic rings. The Morgan fingerprint density at radius 3 is 2.79 bits per heavy atom. The second-order valence-corrected chi connectivity index (χ2v) is 9.48. The van der Waals surface area contributed by atoms with Crippen LogP contribution in [-0.2, 0) is 16.6 Å². The van der Waals surface area contributed by atoms with Gasteiger partial charge in [0.25, 0.3) is 10.0 Å². The molecule has 2 aromatic carbocycles. The normalized spacial score (nSPS) is 14.3. The Kier molecular flexibility index (Phi) is 5.41. The van der Waals surface area contributed by atoms with Crippen LogP contribution >= 0.6 is 0 Å². The van der Waals surface area contributed by atoms with E-state index in [1.54, 1.807) is 24.3 Å². The molecule has 0 bridgehead atoms. The van der Waals surface area contributed by atoms with Gasteiger partial charge in [-0.3, -0.25) is 9.29 Å². The standard InChI is InChI=1S/C22H22N4O6S/c1-2-30-18-9-4-3-8-16(18)25-33(28,29)15-10-11-17-19(12-15)31-22(27)26(17)13-20-23-21(32-24-20)14-6-5-7-14/h3-4,8-12,14,25H,2,5-7,13H2,1H3. The van der Waals surface area contributed by atoms with Gasteiger partial charge in [0.05, 0.1) is 29.3 Å². The molecule has 1 fully saturated rings. The van der Waals surface area contributed by atoms with Gasteiger partial charge in [-0.25, -0.2) is 13.2 Å². The molecule has 2 heterocycles. The zero-order valence-electron chi connectivity index (χ0n) is 17.9. The summed E-state index contributed by atoms with van der Waals surface area (Å²) in [6.07, 6.45) is 3.19. The van der Waals surface area contributed by atoms with Crippen molar-refractivity contribution in [3.63, 3.8) is 0 Å². The lowest BCUT2D eigenvalue weighted by atomic mass is 9.85. The van der Waals surface area contributed by atoms with Crippen molar-refractivity contribution in [2.24, 2.45) is 0 Å². The lowest BCUT2D eigenvalue weighted by Crippen LogP contribution is -2.16. The molecule has 11 heteroatoms. The van der Waals surface area contributed by atoms with E-state index < -0.39 is 15.8 Å². The fourth-order valence-electron chi connectivity index (χ4n) is 3.69. The van der Waals surface area contributed by atoms with Crippen molar-refractivity contribution >= 4 is 26.8 Å². The highest BCUT2D eigenvalue weighted by molar-refractivity contribution is 7.92. The van der Waals surface area contributed by atoms with Crippen molar-refractivity contribution in [2.45, 2.75) is 43.5 Å². The SMILES string of the molecule is CCOc1ccccc1NS(=O)(=O)c1ccc2c(c1)oc(=O)n2Cc1noc(C2CCC2)n1. The second kappa shape index (κ2) is 8.39. The molecule has 172 valence electrons. The Morgan fingerprint density at radius 1 is 1.21 bits per heavy atom. The minimum absolute atomic E-state index is 0.0472. The number of hydrogen-bond donors (Lipinski definition) is 1.